The molecule has 0 atom stereocenters. The fraction of sp³-hybridized carbons (Fsp3) is 0.300. The fourth-order valence-electron chi connectivity index (χ4n) is 3.29. The van der Waals surface area contributed by atoms with Crippen LogP contribution in [0.2, 0.25) is 4.34 Å². The zero-order valence-electron chi connectivity index (χ0n) is 16.0. The average Bonchev–Trinajstić information content (AvgIpc) is 3.38. The van der Waals surface area contributed by atoms with Gasteiger partial charge in [0.05, 0.1) is 21.5 Å². The van der Waals surface area contributed by atoms with Crippen molar-refractivity contribution in [1.82, 2.24) is 14.2 Å². The lowest BCUT2D eigenvalue weighted by Gasteiger charge is -2.33. The molecule has 30 heavy (non-hydrogen) atoms. The normalized spacial score (nSPS) is 15.4. The van der Waals surface area contributed by atoms with Crippen LogP contribution in [0.3, 0.4) is 0 Å². The fourth-order valence-corrected chi connectivity index (χ4v) is 7.18. The van der Waals surface area contributed by atoms with Crippen molar-refractivity contribution in [2.24, 2.45) is 0 Å². The molecule has 0 spiro atoms. The summed E-state index contributed by atoms with van der Waals surface area (Å²) in [4.78, 5) is 19.0. The average molecular weight is 482 g/mol. The predicted molar refractivity (Wildman–Crippen MR) is 120 cm³/mol. The van der Waals surface area contributed by atoms with Gasteiger partial charge in [-0.3, -0.25) is 4.79 Å². The maximum Gasteiger partial charge on any atom is 0.252 e. The lowest BCUT2D eigenvalue weighted by Crippen LogP contribution is -2.50. The molecular formula is C20H20ClN3O3S3. The summed E-state index contributed by atoms with van der Waals surface area (Å²) in [6, 6.07) is 13.2. The number of rotatable bonds is 6. The van der Waals surface area contributed by atoms with E-state index in [0.29, 0.717) is 17.4 Å². The number of hydrogen-bond acceptors (Lipinski definition) is 6. The van der Waals surface area contributed by atoms with Crippen molar-refractivity contribution in [2.45, 2.75) is 17.1 Å². The van der Waals surface area contributed by atoms with Gasteiger partial charge in [-0.15, -0.1) is 22.7 Å². The Labute approximate surface area is 188 Å². The van der Waals surface area contributed by atoms with Crippen LogP contribution in [0, 0.1) is 0 Å². The van der Waals surface area contributed by atoms with Gasteiger partial charge in [0, 0.05) is 38.0 Å². The number of nitrogens with zero attached hydrogens (tertiary/aromatic N) is 3. The summed E-state index contributed by atoms with van der Waals surface area (Å²) in [5.41, 5.74) is 1.95. The van der Waals surface area contributed by atoms with E-state index in [1.54, 1.807) is 22.3 Å². The molecule has 158 valence electrons. The molecule has 0 bridgehead atoms. The van der Waals surface area contributed by atoms with Crippen molar-refractivity contribution >= 4 is 50.2 Å². The topological polar surface area (TPSA) is 70.6 Å². The van der Waals surface area contributed by atoms with Crippen molar-refractivity contribution in [3.8, 4) is 0 Å². The van der Waals surface area contributed by atoms with Gasteiger partial charge in [-0.05, 0) is 17.7 Å². The highest BCUT2D eigenvalue weighted by molar-refractivity contribution is 7.91. The zero-order valence-corrected chi connectivity index (χ0v) is 19.2. The first-order chi connectivity index (χ1) is 14.4. The lowest BCUT2D eigenvalue weighted by molar-refractivity contribution is -0.131. The highest BCUT2D eigenvalue weighted by atomic mass is 35.5. The number of piperazine rings is 1. The number of thiazole rings is 1. The molecule has 0 unspecified atom stereocenters. The summed E-state index contributed by atoms with van der Waals surface area (Å²) in [6.07, 6.45) is 0.988. The number of amides is 1. The third kappa shape index (κ3) is 4.92. The molecular weight excluding hydrogens is 462 g/mol. The van der Waals surface area contributed by atoms with Gasteiger partial charge in [0.2, 0.25) is 5.91 Å². The number of sulfonamides is 1. The van der Waals surface area contributed by atoms with Crippen LogP contribution < -0.4 is 0 Å². The summed E-state index contributed by atoms with van der Waals surface area (Å²) < 4.78 is 27.5. The summed E-state index contributed by atoms with van der Waals surface area (Å²) in [5.74, 6) is -0.0252. The Bertz CT molecular complexity index is 1120. The van der Waals surface area contributed by atoms with Gasteiger partial charge in [0.1, 0.15) is 4.21 Å². The molecule has 0 radical (unpaired) electrons. The molecule has 6 nitrogen and oxygen atoms in total. The van der Waals surface area contributed by atoms with Crippen LogP contribution in [0.4, 0.5) is 0 Å². The number of halogens is 1. The van der Waals surface area contributed by atoms with E-state index in [0.717, 1.165) is 28.5 Å². The van der Waals surface area contributed by atoms with Gasteiger partial charge in [-0.2, -0.15) is 4.31 Å². The predicted octanol–water partition coefficient (Wildman–Crippen LogP) is 3.52. The molecule has 10 heteroatoms. The van der Waals surface area contributed by atoms with Gasteiger partial charge < -0.3 is 4.90 Å². The molecule has 0 N–H and O–H groups in total. The van der Waals surface area contributed by atoms with E-state index in [2.05, 4.69) is 17.1 Å². The maximum absolute atomic E-state index is 12.7. The Morgan fingerprint density at radius 3 is 2.47 bits per heavy atom. The molecule has 2 aromatic heterocycles. The van der Waals surface area contributed by atoms with E-state index in [1.165, 1.54) is 15.9 Å². The van der Waals surface area contributed by atoms with Crippen LogP contribution in [-0.2, 0) is 27.7 Å². The minimum atomic E-state index is -3.56. The first-order valence-corrected chi connectivity index (χ1v) is 12.9. The third-order valence-corrected chi connectivity index (χ3v) is 9.36. The molecule has 1 aliphatic rings. The second kappa shape index (κ2) is 9.15. The largest absolute Gasteiger partial charge is 0.340 e. The Morgan fingerprint density at radius 1 is 1.07 bits per heavy atom. The molecule has 1 aromatic carbocycles. The molecule has 0 saturated carbocycles. The summed E-state index contributed by atoms with van der Waals surface area (Å²) in [7, 11) is -3.56. The van der Waals surface area contributed by atoms with Gasteiger partial charge in [0.25, 0.3) is 10.0 Å². The number of thiophene rings is 1. The smallest absolute Gasteiger partial charge is 0.252 e. The summed E-state index contributed by atoms with van der Waals surface area (Å²) in [5, 5.41) is 2.91. The van der Waals surface area contributed by atoms with Crippen molar-refractivity contribution in [3.05, 3.63) is 68.4 Å². The number of benzene rings is 1. The van der Waals surface area contributed by atoms with Crippen molar-refractivity contribution in [2.75, 3.05) is 26.2 Å². The van der Waals surface area contributed by atoms with Crippen molar-refractivity contribution < 1.29 is 13.2 Å². The SMILES string of the molecule is O=C(Cc1csc(Cc2ccccc2)n1)N1CCN(S(=O)(=O)c2ccc(Cl)s2)CC1. The van der Waals surface area contributed by atoms with E-state index in [4.69, 9.17) is 11.6 Å². The van der Waals surface area contributed by atoms with E-state index in [9.17, 15) is 13.2 Å². The van der Waals surface area contributed by atoms with Crippen molar-refractivity contribution in [1.29, 1.82) is 0 Å². The van der Waals surface area contributed by atoms with Gasteiger partial charge in [-0.1, -0.05) is 41.9 Å². The number of carbonyl (C=O) groups excluding carboxylic acids is 1. The van der Waals surface area contributed by atoms with E-state index >= 15 is 0 Å². The number of aromatic nitrogens is 1. The van der Waals surface area contributed by atoms with Crippen molar-refractivity contribution in [3.63, 3.8) is 0 Å². The first-order valence-electron chi connectivity index (χ1n) is 9.42. The Balaban J connectivity index is 1.32. The molecule has 3 heterocycles. The van der Waals surface area contributed by atoms with Crippen LogP contribution in [0.1, 0.15) is 16.3 Å². The highest BCUT2D eigenvalue weighted by Crippen LogP contribution is 2.28. The number of hydrogen-bond donors (Lipinski definition) is 0. The number of carbonyl (C=O) groups is 1. The molecule has 1 saturated heterocycles. The Morgan fingerprint density at radius 2 is 1.80 bits per heavy atom. The van der Waals surface area contributed by atoms with Crippen LogP contribution in [-0.4, -0.2) is 54.7 Å². The van der Waals surface area contributed by atoms with E-state index in [-0.39, 0.29) is 29.6 Å². The third-order valence-electron chi connectivity index (χ3n) is 4.86. The Kier molecular flexibility index (Phi) is 6.54. The second-order valence-corrected chi connectivity index (χ2v) is 11.7. The standard InChI is InChI=1S/C20H20ClN3O3S3/c21-17-6-7-20(29-17)30(26,27)24-10-8-23(9-11-24)19(25)13-16-14-28-18(22-16)12-15-4-2-1-3-5-15/h1-7,14H,8-13H2. The highest BCUT2D eigenvalue weighted by Gasteiger charge is 2.31. The zero-order chi connectivity index (χ0) is 21.1. The van der Waals surface area contributed by atoms with Crippen LogP contribution >= 0.6 is 34.3 Å². The van der Waals surface area contributed by atoms with Gasteiger partial charge in [0.15, 0.2) is 0 Å². The monoisotopic (exact) mass is 481 g/mol. The Hall–Kier alpha value is -1.78. The molecule has 4 rings (SSSR count). The molecule has 1 amide bonds. The maximum atomic E-state index is 12.7. The van der Waals surface area contributed by atoms with Gasteiger partial charge >= 0.3 is 0 Å². The summed E-state index contributed by atoms with van der Waals surface area (Å²) in [6.45, 7) is 1.30. The minimum Gasteiger partial charge on any atom is -0.340 e. The minimum absolute atomic E-state index is 0.0252. The quantitative estimate of drug-likeness (QED) is 0.540. The van der Waals surface area contributed by atoms with Crippen LogP contribution in [0.15, 0.2) is 52.1 Å². The molecule has 0 aliphatic carbocycles. The molecule has 1 aliphatic heterocycles. The molecule has 3 aromatic rings. The van der Waals surface area contributed by atoms with E-state index in [1.807, 2.05) is 23.6 Å². The first kappa shape index (κ1) is 21.5. The van der Waals surface area contributed by atoms with Crippen LogP contribution in [0.5, 0.6) is 0 Å². The van der Waals surface area contributed by atoms with E-state index < -0.39 is 10.0 Å². The van der Waals surface area contributed by atoms with Gasteiger partial charge in [-0.25, -0.2) is 13.4 Å². The second-order valence-electron chi connectivity index (χ2n) is 6.92. The lowest BCUT2D eigenvalue weighted by atomic mass is 10.2. The van der Waals surface area contributed by atoms with Crippen LogP contribution in [0.25, 0.3) is 0 Å². The molecule has 1 fully saturated rings. The summed E-state index contributed by atoms with van der Waals surface area (Å²) >= 11 is 8.48.